The molecule has 58 heavy (non-hydrogen) atoms. The minimum absolute atomic E-state index is 0.364. The van der Waals surface area contributed by atoms with Gasteiger partial charge in [-0.2, -0.15) is 0 Å². The first-order valence-corrected chi connectivity index (χ1v) is 19.5. The standard InChI is InChI=1S/C52H33N5O/c1-4-13-34(14-5-1)49-54-50(35-15-6-2-7-16-35)56-51(55-49)37-22-26-41-36(30-37)21-20-33-24-28-43-48(46(33)41)58-52(53-43)38-23-27-42-45(31-38)57(39-17-8-3-9-18-39)44-29-25-32-12-10-11-19-40(32)47(42)44/h1-31,52-53H. The number of aromatic nitrogens is 4. The molecule has 0 saturated carbocycles. The number of nitrogens with one attached hydrogen (secondary N) is 1. The molecule has 1 atom stereocenters. The summed E-state index contributed by atoms with van der Waals surface area (Å²) in [5.74, 6) is 2.76. The van der Waals surface area contributed by atoms with Crippen LogP contribution in [-0.4, -0.2) is 19.5 Å². The number of benzene rings is 9. The van der Waals surface area contributed by atoms with Crippen LogP contribution >= 0.6 is 0 Å². The fraction of sp³-hybridized carbons (Fsp3) is 0.0192. The first-order chi connectivity index (χ1) is 28.7. The lowest BCUT2D eigenvalue weighted by molar-refractivity contribution is 0.263. The molecule has 0 amide bonds. The molecule has 11 aromatic rings. The van der Waals surface area contributed by atoms with Crippen LogP contribution in [0.3, 0.4) is 0 Å². The minimum Gasteiger partial charge on any atom is -0.464 e. The molecule has 0 spiro atoms. The fourth-order valence-electron chi connectivity index (χ4n) is 8.70. The van der Waals surface area contributed by atoms with Gasteiger partial charge < -0.3 is 14.6 Å². The monoisotopic (exact) mass is 743 g/mol. The molecule has 6 nitrogen and oxygen atoms in total. The van der Waals surface area contributed by atoms with Crippen LogP contribution in [0.15, 0.2) is 188 Å². The summed E-state index contributed by atoms with van der Waals surface area (Å²) >= 11 is 0. The second-order valence-corrected chi connectivity index (χ2v) is 14.9. The number of hydrogen-bond donors (Lipinski definition) is 1. The van der Waals surface area contributed by atoms with Crippen LogP contribution in [0, 0.1) is 0 Å². The summed E-state index contributed by atoms with van der Waals surface area (Å²) in [6.45, 7) is 0. The van der Waals surface area contributed by atoms with E-state index in [1.165, 1.54) is 27.1 Å². The van der Waals surface area contributed by atoms with Crippen LogP contribution in [0.5, 0.6) is 5.75 Å². The molecule has 0 aliphatic carbocycles. The topological polar surface area (TPSA) is 64.9 Å². The average molecular weight is 744 g/mol. The van der Waals surface area contributed by atoms with Gasteiger partial charge in [0.25, 0.3) is 0 Å². The Labute approximate surface area is 333 Å². The molecular weight excluding hydrogens is 711 g/mol. The number of anilines is 1. The summed E-state index contributed by atoms with van der Waals surface area (Å²) in [5, 5.41) is 13.0. The lowest BCUT2D eigenvalue weighted by atomic mass is 9.98. The van der Waals surface area contributed by atoms with Crippen molar-refractivity contribution < 1.29 is 4.74 Å². The zero-order chi connectivity index (χ0) is 38.2. The molecule has 6 heteroatoms. The molecule has 0 saturated heterocycles. The van der Waals surface area contributed by atoms with Crippen LogP contribution in [0.1, 0.15) is 11.8 Å². The summed E-state index contributed by atoms with van der Waals surface area (Å²) in [6, 6.07) is 65.8. The Hall–Kier alpha value is -7.83. The van der Waals surface area contributed by atoms with Crippen molar-refractivity contribution in [3.63, 3.8) is 0 Å². The molecule has 1 N–H and O–H groups in total. The molecule has 9 aromatic carbocycles. The molecule has 12 rings (SSSR count). The van der Waals surface area contributed by atoms with E-state index in [9.17, 15) is 0 Å². The average Bonchev–Trinajstić information content (AvgIpc) is 3.89. The highest BCUT2D eigenvalue weighted by Crippen LogP contribution is 2.47. The molecule has 272 valence electrons. The predicted octanol–water partition coefficient (Wildman–Crippen LogP) is 12.9. The molecule has 1 aliphatic rings. The molecule has 1 aliphatic heterocycles. The number of fused-ring (bicyclic) bond motifs is 10. The second-order valence-electron chi connectivity index (χ2n) is 14.9. The number of ether oxygens (including phenoxy) is 1. The summed E-state index contributed by atoms with van der Waals surface area (Å²) < 4.78 is 9.32. The molecule has 3 heterocycles. The van der Waals surface area contributed by atoms with E-state index in [0.717, 1.165) is 66.4 Å². The van der Waals surface area contributed by atoms with Crippen molar-refractivity contribution in [2.45, 2.75) is 6.23 Å². The molecular formula is C52H33N5O. The van der Waals surface area contributed by atoms with Crippen molar-refractivity contribution in [2.24, 2.45) is 0 Å². The van der Waals surface area contributed by atoms with E-state index >= 15 is 0 Å². The van der Waals surface area contributed by atoms with Gasteiger partial charge in [-0.05, 0) is 63.3 Å². The lowest BCUT2D eigenvalue weighted by Crippen LogP contribution is -2.10. The van der Waals surface area contributed by atoms with Gasteiger partial charge >= 0.3 is 0 Å². The number of rotatable bonds is 5. The normalized spacial score (nSPS) is 13.6. The zero-order valence-corrected chi connectivity index (χ0v) is 31.2. The van der Waals surface area contributed by atoms with Gasteiger partial charge in [-0.1, -0.05) is 152 Å². The quantitative estimate of drug-likeness (QED) is 0.178. The van der Waals surface area contributed by atoms with Crippen molar-refractivity contribution in [1.29, 1.82) is 0 Å². The van der Waals surface area contributed by atoms with Crippen LogP contribution in [0.2, 0.25) is 0 Å². The van der Waals surface area contributed by atoms with Gasteiger partial charge in [-0.3, -0.25) is 0 Å². The van der Waals surface area contributed by atoms with Crippen molar-refractivity contribution in [2.75, 3.05) is 5.32 Å². The smallest absolute Gasteiger partial charge is 0.196 e. The first kappa shape index (κ1) is 32.4. The Balaban J connectivity index is 0.961. The predicted molar refractivity (Wildman–Crippen MR) is 236 cm³/mol. The van der Waals surface area contributed by atoms with Crippen molar-refractivity contribution in [3.05, 3.63) is 194 Å². The maximum absolute atomic E-state index is 6.94. The van der Waals surface area contributed by atoms with Gasteiger partial charge in [0.15, 0.2) is 29.5 Å². The maximum atomic E-state index is 6.94. The molecule has 0 bridgehead atoms. The Morgan fingerprint density at radius 1 is 0.431 bits per heavy atom. The van der Waals surface area contributed by atoms with Crippen LogP contribution in [0.4, 0.5) is 5.69 Å². The maximum Gasteiger partial charge on any atom is 0.196 e. The van der Waals surface area contributed by atoms with E-state index in [2.05, 4.69) is 137 Å². The molecule has 0 fully saturated rings. The van der Waals surface area contributed by atoms with Crippen LogP contribution in [0.25, 0.3) is 94.0 Å². The van der Waals surface area contributed by atoms with Gasteiger partial charge in [0.2, 0.25) is 0 Å². The Bertz CT molecular complexity index is 3340. The third-order valence-electron chi connectivity index (χ3n) is 11.4. The van der Waals surface area contributed by atoms with Gasteiger partial charge in [-0.25, -0.2) is 15.0 Å². The van der Waals surface area contributed by atoms with E-state index in [1.807, 2.05) is 60.7 Å². The van der Waals surface area contributed by atoms with Crippen molar-refractivity contribution >= 4 is 59.8 Å². The van der Waals surface area contributed by atoms with Crippen molar-refractivity contribution in [3.8, 4) is 45.6 Å². The second kappa shape index (κ2) is 12.9. The summed E-state index contributed by atoms with van der Waals surface area (Å²) in [6.07, 6.45) is -0.364. The summed E-state index contributed by atoms with van der Waals surface area (Å²) in [7, 11) is 0. The van der Waals surface area contributed by atoms with Crippen LogP contribution < -0.4 is 10.1 Å². The largest absolute Gasteiger partial charge is 0.464 e. The van der Waals surface area contributed by atoms with Gasteiger partial charge in [0.1, 0.15) is 0 Å². The third kappa shape index (κ3) is 5.16. The Morgan fingerprint density at radius 3 is 1.79 bits per heavy atom. The highest BCUT2D eigenvalue weighted by molar-refractivity contribution is 6.21. The lowest BCUT2D eigenvalue weighted by Gasteiger charge is -2.14. The number of para-hydroxylation sites is 1. The van der Waals surface area contributed by atoms with E-state index < -0.39 is 0 Å². The Kier molecular flexibility index (Phi) is 7.19. The minimum atomic E-state index is -0.364. The number of nitrogens with zero attached hydrogens (tertiary/aromatic N) is 4. The Morgan fingerprint density at radius 2 is 1.03 bits per heavy atom. The first-order valence-electron chi connectivity index (χ1n) is 19.5. The molecule has 2 aromatic heterocycles. The summed E-state index contributed by atoms with van der Waals surface area (Å²) in [4.78, 5) is 14.9. The van der Waals surface area contributed by atoms with E-state index in [-0.39, 0.29) is 6.23 Å². The van der Waals surface area contributed by atoms with E-state index in [4.69, 9.17) is 19.7 Å². The number of hydrogen-bond acceptors (Lipinski definition) is 5. The summed E-state index contributed by atoms with van der Waals surface area (Å²) in [5.41, 5.74) is 8.29. The SMILES string of the molecule is c1ccc(-c2nc(-c3ccccc3)nc(-c3ccc4c(ccc5ccc6c(c54)OC(c4ccc5c7c8ccccc8ccc7n(-c7ccccc7)c5c4)N6)c3)n2)cc1. The van der Waals surface area contributed by atoms with E-state index in [1.54, 1.807) is 0 Å². The van der Waals surface area contributed by atoms with Crippen LogP contribution in [-0.2, 0) is 0 Å². The fourth-order valence-corrected chi connectivity index (χ4v) is 8.70. The van der Waals surface area contributed by atoms with E-state index in [0.29, 0.717) is 17.5 Å². The third-order valence-corrected chi connectivity index (χ3v) is 11.4. The highest BCUT2D eigenvalue weighted by Gasteiger charge is 2.28. The van der Waals surface area contributed by atoms with Gasteiger partial charge in [0.05, 0.1) is 16.7 Å². The zero-order valence-electron chi connectivity index (χ0n) is 31.2. The van der Waals surface area contributed by atoms with Gasteiger partial charge in [-0.15, -0.1) is 0 Å². The highest BCUT2D eigenvalue weighted by atomic mass is 16.5. The molecule has 0 radical (unpaired) electrons. The molecule has 1 unspecified atom stereocenters. The van der Waals surface area contributed by atoms with Crippen molar-refractivity contribution in [1.82, 2.24) is 19.5 Å². The van der Waals surface area contributed by atoms with Gasteiger partial charge in [0, 0.05) is 44.1 Å².